The lowest BCUT2D eigenvalue weighted by Crippen LogP contribution is -2.50. The Kier molecular flexibility index (Phi) is 11.5. The molecule has 2 fully saturated rings. The van der Waals surface area contributed by atoms with E-state index in [1.165, 1.54) is 25.7 Å². The van der Waals surface area contributed by atoms with Crippen LogP contribution < -0.4 is 10.6 Å². The van der Waals surface area contributed by atoms with Crippen molar-refractivity contribution < 1.29 is 8.42 Å². The van der Waals surface area contributed by atoms with E-state index in [4.69, 9.17) is 4.99 Å². The Hall–Kier alpha value is -0.130. The summed E-state index contributed by atoms with van der Waals surface area (Å²) in [6.07, 6.45) is 7.00. The van der Waals surface area contributed by atoms with Gasteiger partial charge in [-0.05, 0) is 46.6 Å². The molecule has 0 unspecified atom stereocenters. The SMILES string of the molecule is CCNC(=NCCN(C)C1CCCC1)NC1CCN(S(=O)(=O)CC)CC1.I. The molecule has 27 heavy (non-hydrogen) atoms. The lowest BCUT2D eigenvalue weighted by atomic mass is 10.1. The maximum atomic E-state index is 12.0. The third kappa shape index (κ3) is 8.02. The molecule has 0 aromatic rings. The van der Waals surface area contributed by atoms with Crippen molar-refractivity contribution in [1.82, 2.24) is 19.8 Å². The van der Waals surface area contributed by atoms with Crippen LogP contribution in [-0.2, 0) is 10.0 Å². The van der Waals surface area contributed by atoms with Crippen LogP contribution >= 0.6 is 24.0 Å². The minimum Gasteiger partial charge on any atom is -0.357 e. The fourth-order valence-electron chi connectivity index (χ4n) is 3.82. The number of nitrogens with zero attached hydrogens (tertiary/aromatic N) is 3. The fraction of sp³-hybridized carbons (Fsp3) is 0.944. The number of aliphatic imine (C=N–C) groups is 1. The molecule has 1 aliphatic heterocycles. The number of sulfonamides is 1. The molecule has 9 heteroatoms. The van der Waals surface area contributed by atoms with E-state index in [0.717, 1.165) is 44.5 Å². The van der Waals surface area contributed by atoms with Gasteiger partial charge in [0.25, 0.3) is 0 Å². The van der Waals surface area contributed by atoms with E-state index in [-0.39, 0.29) is 35.8 Å². The summed E-state index contributed by atoms with van der Waals surface area (Å²) in [5, 5.41) is 6.80. The Bertz CT molecular complexity index is 544. The van der Waals surface area contributed by atoms with Gasteiger partial charge < -0.3 is 15.5 Å². The largest absolute Gasteiger partial charge is 0.357 e. The van der Waals surface area contributed by atoms with Crippen LogP contribution in [0.15, 0.2) is 4.99 Å². The minimum absolute atomic E-state index is 0. The van der Waals surface area contributed by atoms with Gasteiger partial charge in [-0.3, -0.25) is 4.99 Å². The smallest absolute Gasteiger partial charge is 0.213 e. The molecule has 1 saturated carbocycles. The molecular weight excluding hydrogens is 477 g/mol. The number of halogens is 1. The maximum Gasteiger partial charge on any atom is 0.213 e. The fourth-order valence-corrected chi connectivity index (χ4v) is 4.95. The highest BCUT2D eigenvalue weighted by Crippen LogP contribution is 2.21. The molecule has 7 nitrogen and oxygen atoms in total. The average molecular weight is 516 g/mol. The quantitative estimate of drug-likeness (QED) is 0.293. The summed E-state index contributed by atoms with van der Waals surface area (Å²) in [5.74, 6) is 1.04. The molecule has 0 radical (unpaired) electrons. The molecule has 160 valence electrons. The van der Waals surface area contributed by atoms with Gasteiger partial charge in [-0.25, -0.2) is 12.7 Å². The van der Waals surface area contributed by atoms with Crippen LogP contribution in [0.1, 0.15) is 52.4 Å². The zero-order valence-corrected chi connectivity index (χ0v) is 20.3. The average Bonchev–Trinajstić information content (AvgIpc) is 3.17. The van der Waals surface area contributed by atoms with Crippen molar-refractivity contribution in [2.75, 3.05) is 45.5 Å². The molecule has 0 aromatic heterocycles. The number of rotatable bonds is 8. The van der Waals surface area contributed by atoms with Crippen LogP contribution in [0.2, 0.25) is 0 Å². The summed E-state index contributed by atoms with van der Waals surface area (Å²) < 4.78 is 25.5. The molecular formula is C18H38IN5O2S. The molecule has 0 atom stereocenters. The zero-order chi connectivity index (χ0) is 19.0. The number of piperidine rings is 1. The first kappa shape index (κ1) is 24.9. The van der Waals surface area contributed by atoms with Crippen LogP contribution in [0.4, 0.5) is 0 Å². The Balaban J connectivity index is 0.00000364. The van der Waals surface area contributed by atoms with Gasteiger partial charge in [-0.1, -0.05) is 12.8 Å². The van der Waals surface area contributed by atoms with E-state index in [9.17, 15) is 8.42 Å². The summed E-state index contributed by atoms with van der Waals surface area (Å²) in [7, 11) is -0.857. The molecule has 1 saturated heterocycles. The highest BCUT2D eigenvalue weighted by atomic mass is 127. The second kappa shape index (κ2) is 12.4. The van der Waals surface area contributed by atoms with E-state index >= 15 is 0 Å². The van der Waals surface area contributed by atoms with Gasteiger partial charge in [0.05, 0.1) is 12.3 Å². The van der Waals surface area contributed by atoms with E-state index in [0.29, 0.717) is 13.1 Å². The minimum atomic E-state index is -3.06. The Morgan fingerprint density at radius 3 is 2.33 bits per heavy atom. The molecule has 1 aliphatic carbocycles. The van der Waals surface area contributed by atoms with Crippen molar-refractivity contribution in [3.63, 3.8) is 0 Å². The third-order valence-corrected chi connectivity index (χ3v) is 7.45. The third-order valence-electron chi connectivity index (χ3n) is 5.57. The Morgan fingerprint density at radius 1 is 1.15 bits per heavy atom. The molecule has 1 heterocycles. The normalized spacial score (nSPS) is 20.7. The van der Waals surface area contributed by atoms with Crippen molar-refractivity contribution in [2.24, 2.45) is 4.99 Å². The maximum absolute atomic E-state index is 12.0. The van der Waals surface area contributed by atoms with E-state index in [1.54, 1.807) is 11.2 Å². The molecule has 2 rings (SSSR count). The van der Waals surface area contributed by atoms with Gasteiger partial charge in [-0.2, -0.15) is 0 Å². The van der Waals surface area contributed by atoms with E-state index in [2.05, 4.69) is 29.5 Å². The molecule has 0 aromatic carbocycles. The van der Waals surface area contributed by atoms with Gasteiger partial charge in [0.1, 0.15) is 0 Å². The number of guanidine groups is 1. The number of hydrogen-bond acceptors (Lipinski definition) is 4. The number of nitrogens with one attached hydrogen (secondary N) is 2. The molecule has 0 amide bonds. The Labute approximate surface area is 182 Å². The molecule has 0 bridgehead atoms. The summed E-state index contributed by atoms with van der Waals surface area (Å²) in [5.41, 5.74) is 0. The monoisotopic (exact) mass is 515 g/mol. The first-order chi connectivity index (χ1) is 12.5. The van der Waals surface area contributed by atoms with Gasteiger partial charge in [0, 0.05) is 38.3 Å². The van der Waals surface area contributed by atoms with Gasteiger partial charge in [0.15, 0.2) is 5.96 Å². The van der Waals surface area contributed by atoms with Crippen LogP contribution in [0.25, 0.3) is 0 Å². The zero-order valence-electron chi connectivity index (χ0n) is 17.1. The summed E-state index contributed by atoms with van der Waals surface area (Å²) in [4.78, 5) is 7.16. The topological polar surface area (TPSA) is 77.0 Å². The Morgan fingerprint density at radius 2 is 1.78 bits per heavy atom. The van der Waals surface area contributed by atoms with Crippen LogP contribution in [0.3, 0.4) is 0 Å². The van der Waals surface area contributed by atoms with Crippen LogP contribution in [0.5, 0.6) is 0 Å². The van der Waals surface area contributed by atoms with Crippen molar-refractivity contribution in [2.45, 2.75) is 64.5 Å². The second-order valence-electron chi connectivity index (χ2n) is 7.40. The van der Waals surface area contributed by atoms with Crippen molar-refractivity contribution in [3.8, 4) is 0 Å². The van der Waals surface area contributed by atoms with Crippen LogP contribution in [-0.4, -0.2) is 81.2 Å². The van der Waals surface area contributed by atoms with E-state index < -0.39 is 10.0 Å². The second-order valence-corrected chi connectivity index (χ2v) is 9.66. The van der Waals surface area contributed by atoms with Crippen molar-refractivity contribution >= 4 is 40.0 Å². The first-order valence-electron chi connectivity index (χ1n) is 10.2. The highest BCUT2D eigenvalue weighted by molar-refractivity contribution is 14.0. The number of likely N-dealkylation sites (N-methyl/N-ethyl adjacent to an activating group) is 1. The van der Waals surface area contributed by atoms with Gasteiger partial charge in [-0.15, -0.1) is 24.0 Å². The highest BCUT2D eigenvalue weighted by Gasteiger charge is 2.27. The lowest BCUT2D eigenvalue weighted by Gasteiger charge is -2.32. The lowest BCUT2D eigenvalue weighted by molar-refractivity contribution is 0.252. The number of hydrogen-bond donors (Lipinski definition) is 2. The van der Waals surface area contributed by atoms with Crippen molar-refractivity contribution in [1.29, 1.82) is 0 Å². The summed E-state index contributed by atoms with van der Waals surface area (Å²) in [6, 6.07) is 1.01. The van der Waals surface area contributed by atoms with E-state index in [1.807, 2.05) is 0 Å². The summed E-state index contributed by atoms with van der Waals surface area (Å²) in [6.45, 7) is 7.55. The molecule has 0 spiro atoms. The predicted molar refractivity (Wildman–Crippen MR) is 123 cm³/mol. The van der Waals surface area contributed by atoms with Gasteiger partial charge in [0.2, 0.25) is 10.0 Å². The molecule has 2 aliphatic rings. The standard InChI is InChI=1S/C18H37N5O2S.HI/c1-4-19-18(20-12-15-22(3)17-8-6-7-9-17)21-16-10-13-23(14-11-16)26(24,25)5-2;/h16-17H,4-15H2,1-3H3,(H2,19,20,21);1H. The summed E-state index contributed by atoms with van der Waals surface area (Å²) >= 11 is 0. The van der Waals surface area contributed by atoms with Crippen LogP contribution in [0, 0.1) is 0 Å². The first-order valence-corrected chi connectivity index (χ1v) is 11.8. The van der Waals surface area contributed by atoms with Crippen molar-refractivity contribution in [3.05, 3.63) is 0 Å². The van der Waals surface area contributed by atoms with Gasteiger partial charge >= 0.3 is 0 Å². The predicted octanol–water partition coefficient (Wildman–Crippen LogP) is 1.85. The molecule has 2 N–H and O–H groups in total.